The lowest BCUT2D eigenvalue weighted by molar-refractivity contribution is 0.0693. The molecule has 0 radical (unpaired) electrons. The fraction of sp³-hybridized carbons (Fsp3) is 0. The van der Waals surface area contributed by atoms with E-state index in [0.717, 1.165) is 24.3 Å². The lowest BCUT2D eigenvalue weighted by atomic mass is 10.2. The molecule has 2 aromatic carbocycles. The van der Waals surface area contributed by atoms with Crippen LogP contribution in [0.15, 0.2) is 34.8 Å². The molecule has 1 N–H and O–H groups in total. The average Bonchev–Trinajstić information content (AvgIpc) is 2.37. The Kier molecular flexibility index (Phi) is 3.99. The van der Waals surface area contributed by atoms with E-state index in [1.807, 2.05) is 0 Å². The maximum Gasteiger partial charge on any atom is 0.339 e. The van der Waals surface area contributed by atoms with Gasteiger partial charge in [-0.2, -0.15) is 4.39 Å². The second-order valence-electron chi connectivity index (χ2n) is 3.72. The summed E-state index contributed by atoms with van der Waals surface area (Å²) in [7, 11) is 0. The van der Waals surface area contributed by atoms with Gasteiger partial charge in [0.1, 0.15) is 5.56 Å². The van der Waals surface area contributed by atoms with Gasteiger partial charge in [0, 0.05) is 4.47 Å². The molecule has 0 aromatic heterocycles. The predicted molar refractivity (Wildman–Crippen MR) is 67.5 cm³/mol. The van der Waals surface area contributed by atoms with Crippen LogP contribution in [0.1, 0.15) is 10.4 Å². The normalized spacial score (nSPS) is 10.4. The van der Waals surface area contributed by atoms with Gasteiger partial charge in [-0.25, -0.2) is 13.6 Å². The van der Waals surface area contributed by atoms with Crippen LogP contribution >= 0.6 is 15.9 Å². The quantitative estimate of drug-likeness (QED) is 0.840. The smallest absolute Gasteiger partial charge is 0.339 e. The van der Waals surface area contributed by atoms with Crippen molar-refractivity contribution in [3.63, 3.8) is 0 Å². The molecule has 0 aliphatic carbocycles. The van der Waals surface area contributed by atoms with Crippen LogP contribution < -0.4 is 4.74 Å². The van der Waals surface area contributed by atoms with Crippen molar-refractivity contribution in [3.8, 4) is 11.5 Å². The molecule has 104 valence electrons. The Morgan fingerprint density at radius 3 is 2.50 bits per heavy atom. The highest BCUT2D eigenvalue weighted by molar-refractivity contribution is 9.10. The first-order chi connectivity index (χ1) is 9.40. The topological polar surface area (TPSA) is 46.5 Å². The number of hydrogen-bond acceptors (Lipinski definition) is 2. The second kappa shape index (κ2) is 5.54. The first-order valence-electron chi connectivity index (χ1n) is 5.24. The summed E-state index contributed by atoms with van der Waals surface area (Å²) in [4.78, 5) is 11.0. The highest BCUT2D eigenvalue weighted by Gasteiger charge is 2.19. The Balaban J connectivity index is 2.53. The minimum Gasteiger partial charge on any atom is -0.478 e. The summed E-state index contributed by atoms with van der Waals surface area (Å²) in [5, 5.41) is 8.92. The van der Waals surface area contributed by atoms with Crippen LogP contribution in [-0.4, -0.2) is 11.1 Å². The van der Waals surface area contributed by atoms with Crippen LogP contribution in [0, 0.1) is 17.5 Å². The zero-order valence-corrected chi connectivity index (χ0v) is 11.2. The fourth-order valence-corrected chi connectivity index (χ4v) is 1.91. The van der Waals surface area contributed by atoms with Crippen LogP contribution in [0.5, 0.6) is 11.5 Å². The standard InChI is InChI=1S/C13H6BrF3O3/c14-6-4-9(16)11(17)10(5-6)20-12-7(13(18)19)2-1-3-8(12)15/h1-5H,(H,18,19). The van der Waals surface area contributed by atoms with Gasteiger partial charge >= 0.3 is 5.97 Å². The van der Waals surface area contributed by atoms with Crippen LogP contribution in [0.3, 0.4) is 0 Å². The third kappa shape index (κ3) is 2.77. The maximum absolute atomic E-state index is 13.6. The van der Waals surface area contributed by atoms with Crippen molar-refractivity contribution < 1.29 is 27.8 Å². The minimum absolute atomic E-state index is 0.166. The molecule has 0 aliphatic rings. The first-order valence-corrected chi connectivity index (χ1v) is 6.03. The third-order valence-electron chi connectivity index (χ3n) is 2.37. The predicted octanol–water partition coefficient (Wildman–Crippen LogP) is 4.36. The molecule has 20 heavy (non-hydrogen) atoms. The van der Waals surface area contributed by atoms with E-state index in [0.29, 0.717) is 0 Å². The molecule has 0 spiro atoms. The number of para-hydroxylation sites is 1. The number of ether oxygens (including phenoxy) is 1. The van der Waals surface area contributed by atoms with Gasteiger partial charge in [-0.1, -0.05) is 22.0 Å². The molecular weight excluding hydrogens is 341 g/mol. The van der Waals surface area contributed by atoms with Gasteiger partial charge in [-0.3, -0.25) is 0 Å². The van der Waals surface area contributed by atoms with Crippen molar-refractivity contribution >= 4 is 21.9 Å². The number of halogens is 4. The summed E-state index contributed by atoms with van der Waals surface area (Å²) in [6.45, 7) is 0. The van der Waals surface area contributed by atoms with Crippen LogP contribution in [-0.2, 0) is 0 Å². The molecule has 2 aromatic rings. The summed E-state index contributed by atoms with van der Waals surface area (Å²) in [6.07, 6.45) is 0. The molecular formula is C13H6BrF3O3. The van der Waals surface area contributed by atoms with Crippen molar-refractivity contribution in [1.29, 1.82) is 0 Å². The molecule has 0 amide bonds. The van der Waals surface area contributed by atoms with Gasteiger partial charge < -0.3 is 9.84 Å². The molecule has 2 rings (SSSR count). The molecule has 7 heteroatoms. The van der Waals surface area contributed by atoms with Crippen LogP contribution in [0.4, 0.5) is 13.2 Å². The van der Waals surface area contributed by atoms with E-state index in [-0.39, 0.29) is 4.47 Å². The lowest BCUT2D eigenvalue weighted by Gasteiger charge is -2.11. The van der Waals surface area contributed by atoms with E-state index in [4.69, 9.17) is 9.84 Å². The van der Waals surface area contributed by atoms with E-state index in [2.05, 4.69) is 15.9 Å². The van der Waals surface area contributed by atoms with Crippen molar-refractivity contribution in [3.05, 3.63) is 57.8 Å². The van der Waals surface area contributed by atoms with Crippen molar-refractivity contribution in [2.45, 2.75) is 0 Å². The van der Waals surface area contributed by atoms with Gasteiger partial charge in [0.05, 0.1) is 0 Å². The third-order valence-corrected chi connectivity index (χ3v) is 2.83. The number of benzene rings is 2. The Hall–Kier alpha value is -2.02. The number of hydrogen-bond donors (Lipinski definition) is 1. The van der Waals surface area contributed by atoms with Crippen molar-refractivity contribution in [2.24, 2.45) is 0 Å². The van der Waals surface area contributed by atoms with Crippen LogP contribution in [0.2, 0.25) is 0 Å². The number of rotatable bonds is 3. The molecule has 0 bridgehead atoms. The molecule has 0 saturated carbocycles. The summed E-state index contributed by atoms with van der Waals surface area (Å²) in [6, 6.07) is 5.14. The van der Waals surface area contributed by atoms with Gasteiger partial charge in [-0.05, 0) is 24.3 Å². The molecule has 0 atom stereocenters. The number of carboxylic acid groups (broad SMARTS) is 1. The maximum atomic E-state index is 13.6. The monoisotopic (exact) mass is 346 g/mol. The average molecular weight is 347 g/mol. The van der Waals surface area contributed by atoms with E-state index in [1.165, 1.54) is 6.07 Å². The summed E-state index contributed by atoms with van der Waals surface area (Å²) in [5.41, 5.74) is -0.496. The second-order valence-corrected chi connectivity index (χ2v) is 4.64. The highest BCUT2D eigenvalue weighted by atomic mass is 79.9. The molecule has 3 nitrogen and oxygen atoms in total. The molecule has 0 unspecified atom stereocenters. The zero-order valence-electron chi connectivity index (χ0n) is 9.66. The van der Waals surface area contributed by atoms with E-state index >= 15 is 0 Å². The number of carboxylic acids is 1. The Labute approximate surface area is 119 Å². The van der Waals surface area contributed by atoms with Gasteiger partial charge in [0.25, 0.3) is 0 Å². The number of carbonyl (C=O) groups is 1. The highest BCUT2D eigenvalue weighted by Crippen LogP contribution is 2.33. The Morgan fingerprint density at radius 2 is 1.85 bits per heavy atom. The molecule has 0 saturated heterocycles. The van der Waals surface area contributed by atoms with Crippen LogP contribution in [0.25, 0.3) is 0 Å². The minimum atomic E-state index is -1.45. The largest absolute Gasteiger partial charge is 0.478 e. The van der Waals surface area contributed by atoms with E-state index in [9.17, 15) is 18.0 Å². The summed E-state index contributed by atoms with van der Waals surface area (Å²) >= 11 is 2.93. The SMILES string of the molecule is O=C(O)c1cccc(F)c1Oc1cc(Br)cc(F)c1F. The van der Waals surface area contributed by atoms with Crippen molar-refractivity contribution in [1.82, 2.24) is 0 Å². The summed E-state index contributed by atoms with van der Waals surface area (Å²) in [5.74, 6) is -6.30. The van der Waals surface area contributed by atoms with E-state index < -0.39 is 40.5 Å². The van der Waals surface area contributed by atoms with E-state index in [1.54, 1.807) is 0 Å². The van der Waals surface area contributed by atoms with Crippen molar-refractivity contribution in [2.75, 3.05) is 0 Å². The first kappa shape index (κ1) is 14.4. The zero-order chi connectivity index (χ0) is 14.9. The summed E-state index contributed by atoms with van der Waals surface area (Å²) < 4.78 is 45.4. The molecule has 0 heterocycles. The fourth-order valence-electron chi connectivity index (χ4n) is 1.50. The molecule has 0 fully saturated rings. The number of aromatic carboxylic acids is 1. The van der Waals surface area contributed by atoms with Gasteiger partial charge in [-0.15, -0.1) is 0 Å². The Morgan fingerprint density at radius 1 is 1.15 bits per heavy atom. The lowest BCUT2D eigenvalue weighted by Crippen LogP contribution is -2.03. The molecule has 0 aliphatic heterocycles. The van der Waals surface area contributed by atoms with Gasteiger partial charge in [0.15, 0.2) is 23.1 Å². The van der Waals surface area contributed by atoms with Gasteiger partial charge in [0.2, 0.25) is 5.82 Å². The Bertz CT molecular complexity index is 689.